The first-order chi connectivity index (χ1) is 15.3. The number of methoxy groups -OCH3 is 1. The Bertz CT molecular complexity index is 1060. The summed E-state index contributed by atoms with van der Waals surface area (Å²) in [7, 11) is -2.17. The maximum atomic E-state index is 13.4. The number of hydrogen-bond donors (Lipinski definition) is 1. The number of carbonyl (C=O) groups excluding carboxylic acids is 1. The molecule has 32 heavy (non-hydrogen) atoms. The standard InChI is InChI=1S/C23H31N3O5S/c1-5-26(6-2)32(28,29)18-8-9-21(25-11-13-31-14-12-25)19(16-18)23(27)24-20-15-17(3)7-10-22(20)30-4/h7-10,15-16H,5-6,11-14H2,1-4H3,(H,24,27). The maximum absolute atomic E-state index is 13.4. The van der Waals surface area contributed by atoms with E-state index in [1.165, 1.54) is 17.5 Å². The summed E-state index contributed by atoms with van der Waals surface area (Å²) in [5, 5.41) is 2.90. The number of anilines is 2. The van der Waals surface area contributed by atoms with Gasteiger partial charge in [0.2, 0.25) is 10.0 Å². The Labute approximate surface area is 190 Å². The first-order valence-electron chi connectivity index (χ1n) is 10.7. The first kappa shape index (κ1) is 24.0. The van der Waals surface area contributed by atoms with E-state index in [0.717, 1.165) is 5.56 Å². The quantitative estimate of drug-likeness (QED) is 0.650. The number of nitrogens with zero attached hydrogens (tertiary/aromatic N) is 2. The van der Waals surface area contributed by atoms with Gasteiger partial charge in [-0.3, -0.25) is 4.79 Å². The molecule has 3 rings (SSSR count). The molecule has 0 saturated carbocycles. The second kappa shape index (κ2) is 10.3. The molecule has 0 atom stereocenters. The molecule has 0 radical (unpaired) electrons. The Morgan fingerprint density at radius 2 is 1.81 bits per heavy atom. The van der Waals surface area contributed by atoms with Crippen LogP contribution in [0.1, 0.15) is 29.8 Å². The molecule has 0 unspecified atom stereocenters. The van der Waals surface area contributed by atoms with Gasteiger partial charge in [0.15, 0.2) is 0 Å². The number of nitrogens with one attached hydrogen (secondary N) is 1. The minimum Gasteiger partial charge on any atom is -0.495 e. The minimum atomic E-state index is -3.71. The van der Waals surface area contributed by atoms with Crippen LogP contribution in [0.5, 0.6) is 5.75 Å². The van der Waals surface area contributed by atoms with Crippen molar-refractivity contribution in [1.82, 2.24) is 4.31 Å². The predicted molar refractivity (Wildman–Crippen MR) is 125 cm³/mol. The second-order valence-corrected chi connectivity index (χ2v) is 9.46. The Morgan fingerprint density at radius 3 is 2.44 bits per heavy atom. The lowest BCUT2D eigenvalue weighted by atomic mass is 10.1. The molecule has 1 N–H and O–H groups in total. The summed E-state index contributed by atoms with van der Waals surface area (Å²) in [5.74, 6) is 0.135. The monoisotopic (exact) mass is 461 g/mol. The number of morpholine rings is 1. The van der Waals surface area contributed by atoms with E-state index in [9.17, 15) is 13.2 Å². The van der Waals surface area contributed by atoms with Gasteiger partial charge in [-0.25, -0.2) is 8.42 Å². The van der Waals surface area contributed by atoms with Crippen molar-refractivity contribution in [2.45, 2.75) is 25.7 Å². The van der Waals surface area contributed by atoms with Crippen LogP contribution < -0.4 is 15.0 Å². The van der Waals surface area contributed by atoms with E-state index in [4.69, 9.17) is 9.47 Å². The molecule has 174 valence electrons. The molecule has 1 aliphatic rings. The molecule has 2 aromatic rings. The summed E-state index contributed by atoms with van der Waals surface area (Å²) in [6.45, 7) is 8.55. The van der Waals surface area contributed by atoms with Crippen molar-refractivity contribution in [1.29, 1.82) is 0 Å². The third-order valence-electron chi connectivity index (χ3n) is 5.51. The highest BCUT2D eigenvalue weighted by Crippen LogP contribution is 2.30. The topological polar surface area (TPSA) is 88.2 Å². The highest BCUT2D eigenvalue weighted by atomic mass is 32.2. The van der Waals surface area contributed by atoms with Crippen molar-refractivity contribution >= 4 is 27.3 Å². The minimum absolute atomic E-state index is 0.0968. The molecule has 1 saturated heterocycles. The number of carbonyl (C=O) groups is 1. The molecule has 1 fully saturated rings. The van der Waals surface area contributed by atoms with Crippen LogP contribution in [0.15, 0.2) is 41.3 Å². The molecular formula is C23H31N3O5S. The zero-order valence-electron chi connectivity index (χ0n) is 19.1. The van der Waals surface area contributed by atoms with Crippen molar-refractivity contribution in [3.63, 3.8) is 0 Å². The van der Waals surface area contributed by atoms with Crippen LogP contribution in [0.4, 0.5) is 11.4 Å². The second-order valence-electron chi connectivity index (χ2n) is 7.53. The Morgan fingerprint density at radius 1 is 1.12 bits per heavy atom. The molecule has 1 heterocycles. The lowest BCUT2D eigenvalue weighted by Crippen LogP contribution is -2.37. The lowest BCUT2D eigenvalue weighted by Gasteiger charge is -2.31. The summed E-state index contributed by atoms with van der Waals surface area (Å²) in [5.41, 5.74) is 2.47. The molecular weight excluding hydrogens is 430 g/mol. The Balaban J connectivity index is 2.06. The van der Waals surface area contributed by atoms with Crippen LogP contribution >= 0.6 is 0 Å². The van der Waals surface area contributed by atoms with Crippen molar-refractivity contribution < 1.29 is 22.7 Å². The van der Waals surface area contributed by atoms with Crippen LogP contribution in [0.25, 0.3) is 0 Å². The van der Waals surface area contributed by atoms with E-state index in [0.29, 0.717) is 62.1 Å². The SMILES string of the molecule is CCN(CC)S(=O)(=O)c1ccc(N2CCOCC2)c(C(=O)Nc2cc(C)ccc2OC)c1. The van der Waals surface area contributed by atoms with E-state index >= 15 is 0 Å². The zero-order chi connectivity index (χ0) is 23.3. The fourth-order valence-electron chi connectivity index (χ4n) is 3.76. The van der Waals surface area contributed by atoms with Gasteiger partial charge in [0, 0.05) is 31.9 Å². The first-order valence-corrected chi connectivity index (χ1v) is 12.2. The molecule has 1 amide bonds. The summed E-state index contributed by atoms with van der Waals surface area (Å²) in [6, 6.07) is 10.3. The van der Waals surface area contributed by atoms with Gasteiger partial charge in [-0.05, 0) is 42.8 Å². The fourth-order valence-corrected chi connectivity index (χ4v) is 5.24. The van der Waals surface area contributed by atoms with Gasteiger partial charge in [-0.1, -0.05) is 19.9 Å². The average Bonchev–Trinajstić information content (AvgIpc) is 2.80. The third-order valence-corrected chi connectivity index (χ3v) is 7.56. The Hall–Kier alpha value is -2.62. The molecule has 0 bridgehead atoms. The predicted octanol–water partition coefficient (Wildman–Crippen LogP) is 3.12. The van der Waals surface area contributed by atoms with Gasteiger partial charge < -0.3 is 19.7 Å². The van der Waals surface area contributed by atoms with E-state index in [1.807, 2.05) is 24.0 Å². The van der Waals surface area contributed by atoms with Crippen LogP contribution in [-0.2, 0) is 14.8 Å². The van der Waals surface area contributed by atoms with Gasteiger partial charge in [-0.2, -0.15) is 4.31 Å². The molecule has 0 spiro atoms. The molecule has 1 aliphatic heterocycles. The van der Waals surface area contributed by atoms with Gasteiger partial charge in [0.1, 0.15) is 5.75 Å². The van der Waals surface area contributed by atoms with Crippen LogP contribution in [-0.4, -0.2) is 65.1 Å². The smallest absolute Gasteiger partial charge is 0.257 e. The van der Waals surface area contributed by atoms with Crippen molar-refractivity contribution in [3.05, 3.63) is 47.5 Å². The van der Waals surface area contributed by atoms with E-state index in [1.54, 1.807) is 32.0 Å². The summed E-state index contributed by atoms with van der Waals surface area (Å²) < 4.78 is 38.4. The van der Waals surface area contributed by atoms with E-state index in [-0.39, 0.29) is 4.90 Å². The molecule has 2 aromatic carbocycles. The van der Waals surface area contributed by atoms with Gasteiger partial charge in [0.05, 0.1) is 36.5 Å². The molecule has 8 nitrogen and oxygen atoms in total. The highest BCUT2D eigenvalue weighted by molar-refractivity contribution is 7.89. The normalized spacial score (nSPS) is 14.5. The average molecular weight is 462 g/mol. The highest BCUT2D eigenvalue weighted by Gasteiger charge is 2.26. The number of hydrogen-bond acceptors (Lipinski definition) is 6. The number of amides is 1. The molecule has 0 aliphatic carbocycles. The maximum Gasteiger partial charge on any atom is 0.257 e. The van der Waals surface area contributed by atoms with Crippen molar-refractivity contribution in [2.75, 3.05) is 56.7 Å². The van der Waals surface area contributed by atoms with E-state index < -0.39 is 15.9 Å². The van der Waals surface area contributed by atoms with Crippen LogP contribution in [0, 0.1) is 6.92 Å². The lowest BCUT2D eigenvalue weighted by molar-refractivity contribution is 0.102. The van der Waals surface area contributed by atoms with Gasteiger partial charge in [0.25, 0.3) is 5.91 Å². The van der Waals surface area contributed by atoms with Crippen LogP contribution in [0.3, 0.4) is 0 Å². The van der Waals surface area contributed by atoms with Crippen molar-refractivity contribution in [2.24, 2.45) is 0 Å². The molecule has 9 heteroatoms. The summed E-state index contributed by atoms with van der Waals surface area (Å²) >= 11 is 0. The number of benzene rings is 2. The van der Waals surface area contributed by atoms with E-state index in [2.05, 4.69) is 5.32 Å². The van der Waals surface area contributed by atoms with Gasteiger partial charge >= 0.3 is 0 Å². The largest absolute Gasteiger partial charge is 0.495 e. The number of rotatable bonds is 8. The third kappa shape index (κ3) is 5.06. The number of ether oxygens (including phenoxy) is 2. The Kier molecular flexibility index (Phi) is 7.76. The fraction of sp³-hybridized carbons (Fsp3) is 0.435. The summed E-state index contributed by atoms with van der Waals surface area (Å²) in [4.78, 5) is 15.6. The van der Waals surface area contributed by atoms with Crippen molar-refractivity contribution in [3.8, 4) is 5.75 Å². The number of aryl methyl sites for hydroxylation is 1. The molecule has 0 aromatic heterocycles. The summed E-state index contributed by atoms with van der Waals surface area (Å²) in [6.07, 6.45) is 0. The zero-order valence-corrected chi connectivity index (χ0v) is 19.9. The van der Waals surface area contributed by atoms with Gasteiger partial charge in [-0.15, -0.1) is 0 Å². The van der Waals surface area contributed by atoms with Crippen LogP contribution in [0.2, 0.25) is 0 Å². The number of sulfonamides is 1.